The first-order chi connectivity index (χ1) is 11.1. The Bertz CT molecular complexity index is 649. The lowest BCUT2D eigenvalue weighted by molar-refractivity contribution is 0.954. The van der Waals surface area contributed by atoms with Gasteiger partial charge in [-0.15, -0.1) is 24.0 Å². The van der Waals surface area contributed by atoms with E-state index in [1.807, 2.05) is 6.07 Å². The molecule has 1 heterocycles. The Morgan fingerprint density at radius 1 is 1.17 bits per heavy atom. The quantitative estimate of drug-likeness (QED) is 0.291. The number of hydrogen-bond donors (Lipinski definition) is 2. The van der Waals surface area contributed by atoms with Crippen molar-refractivity contribution < 1.29 is 0 Å². The van der Waals surface area contributed by atoms with Crippen LogP contribution < -0.4 is 11.1 Å². The normalized spacial score (nSPS) is 11.0. The zero-order valence-electron chi connectivity index (χ0n) is 14.1. The van der Waals surface area contributed by atoms with Gasteiger partial charge in [-0.3, -0.25) is 4.99 Å². The third kappa shape index (κ3) is 5.94. The van der Waals surface area contributed by atoms with Crippen molar-refractivity contribution in [1.29, 1.82) is 0 Å². The van der Waals surface area contributed by atoms with Gasteiger partial charge in [0.15, 0.2) is 5.96 Å². The first-order valence-corrected chi connectivity index (χ1v) is 8.30. The van der Waals surface area contributed by atoms with Gasteiger partial charge in [-0.1, -0.05) is 49.7 Å². The highest BCUT2D eigenvalue weighted by Crippen LogP contribution is 2.22. The van der Waals surface area contributed by atoms with Crippen molar-refractivity contribution >= 4 is 47.2 Å². The van der Waals surface area contributed by atoms with Gasteiger partial charge in [0.05, 0.1) is 0 Å². The number of anilines is 1. The number of benzene rings is 1. The SMILES string of the molecule is CCc1cccc(CC)c1NC(N)=NCCc1ccc(Cl)nc1.I. The van der Waals surface area contributed by atoms with Crippen LogP contribution in [0.15, 0.2) is 41.5 Å². The number of nitrogens with one attached hydrogen (secondary N) is 1. The summed E-state index contributed by atoms with van der Waals surface area (Å²) in [7, 11) is 0. The van der Waals surface area contributed by atoms with Gasteiger partial charge >= 0.3 is 0 Å². The van der Waals surface area contributed by atoms with E-state index < -0.39 is 0 Å². The fourth-order valence-electron chi connectivity index (χ4n) is 2.43. The number of para-hydroxylation sites is 1. The third-order valence-corrected chi connectivity index (χ3v) is 3.95. The topological polar surface area (TPSA) is 63.3 Å². The first-order valence-electron chi connectivity index (χ1n) is 7.92. The number of halogens is 2. The van der Waals surface area contributed by atoms with Gasteiger partial charge in [0.25, 0.3) is 0 Å². The van der Waals surface area contributed by atoms with Crippen molar-refractivity contribution in [3.63, 3.8) is 0 Å². The standard InChI is InChI=1S/C18H23ClN4.HI/c1-3-14-6-5-7-15(4-2)17(14)23-18(20)21-11-10-13-8-9-16(19)22-12-13;/h5-9,12H,3-4,10-11H2,1-2H3,(H3,20,21,23);1H. The summed E-state index contributed by atoms with van der Waals surface area (Å²) >= 11 is 5.77. The van der Waals surface area contributed by atoms with Gasteiger partial charge in [-0.2, -0.15) is 0 Å². The van der Waals surface area contributed by atoms with Crippen LogP contribution in [0.2, 0.25) is 5.15 Å². The van der Waals surface area contributed by atoms with E-state index >= 15 is 0 Å². The number of aryl methyl sites for hydroxylation is 2. The average Bonchev–Trinajstić information content (AvgIpc) is 2.57. The van der Waals surface area contributed by atoms with Gasteiger partial charge < -0.3 is 11.1 Å². The minimum absolute atomic E-state index is 0. The number of hydrogen-bond acceptors (Lipinski definition) is 2. The summed E-state index contributed by atoms with van der Waals surface area (Å²) < 4.78 is 0. The number of nitrogens with two attached hydrogens (primary N) is 1. The van der Waals surface area contributed by atoms with E-state index in [-0.39, 0.29) is 24.0 Å². The molecular weight excluding hydrogens is 435 g/mol. The molecule has 4 nitrogen and oxygen atoms in total. The van der Waals surface area contributed by atoms with Gasteiger partial charge in [-0.25, -0.2) is 4.98 Å². The number of pyridine rings is 1. The molecule has 1 aromatic carbocycles. The summed E-state index contributed by atoms with van der Waals surface area (Å²) in [5.74, 6) is 0.447. The van der Waals surface area contributed by atoms with Crippen molar-refractivity contribution in [2.45, 2.75) is 33.1 Å². The Hall–Kier alpha value is -1.34. The molecule has 0 saturated heterocycles. The van der Waals surface area contributed by atoms with Gasteiger partial charge in [0.2, 0.25) is 0 Å². The Balaban J connectivity index is 0.00000288. The maximum atomic E-state index is 6.04. The molecule has 0 aliphatic rings. The molecular formula is C18H24ClIN4. The van der Waals surface area contributed by atoms with Crippen molar-refractivity contribution in [2.75, 3.05) is 11.9 Å². The lowest BCUT2D eigenvalue weighted by Gasteiger charge is -2.14. The first kappa shape index (κ1) is 20.7. The number of guanidine groups is 1. The zero-order valence-corrected chi connectivity index (χ0v) is 17.1. The van der Waals surface area contributed by atoms with E-state index in [4.69, 9.17) is 17.3 Å². The molecule has 0 atom stereocenters. The second-order valence-electron chi connectivity index (χ2n) is 5.29. The molecule has 2 rings (SSSR count). The van der Waals surface area contributed by atoms with Gasteiger partial charge in [0, 0.05) is 18.4 Å². The number of aromatic nitrogens is 1. The van der Waals surface area contributed by atoms with Crippen LogP contribution in [0, 0.1) is 0 Å². The van der Waals surface area contributed by atoms with E-state index in [2.05, 4.69) is 47.3 Å². The summed E-state index contributed by atoms with van der Waals surface area (Å²) in [6, 6.07) is 10.1. The summed E-state index contributed by atoms with van der Waals surface area (Å²) in [6.07, 6.45) is 4.46. The molecule has 0 aliphatic carbocycles. The second-order valence-corrected chi connectivity index (χ2v) is 5.68. The molecule has 0 spiro atoms. The van der Waals surface area contributed by atoms with Crippen LogP contribution in [-0.4, -0.2) is 17.5 Å². The number of rotatable bonds is 6. The molecule has 1 aromatic heterocycles. The monoisotopic (exact) mass is 458 g/mol. The molecule has 0 bridgehead atoms. The predicted octanol–water partition coefficient (Wildman–Crippen LogP) is 4.45. The molecule has 130 valence electrons. The molecule has 0 fully saturated rings. The lowest BCUT2D eigenvalue weighted by atomic mass is 10.0. The minimum atomic E-state index is 0. The van der Waals surface area contributed by atoms with Crippen LogP contribution in [0.3, 0.4) is 0 Å². The van der Waals surface area contributed by atoms with Crippen molar-refractivity contribution in [3.8, 4) is 0 Å². The summed E-state index contributed by atoms with van der Waals surface area (Å²) in [6.45, 7) is 4.89. The minimum Gasteiger partial charge on any atom is -0.370 e. The van der Waals surface area contributed by atoms with Crippen molar-refractivity contribution in [2.24, 2.45) is 10.7 Å². The third-order valence-electron chi connectivity index (χ3n) is 3.72. The van der Waals surface area contributed by atoms with Crippen LogP contribution in [0.4, 0.5) is 5.69 Å². The van der Waals surface area contributed by atoms with Crippen LogP contribution in [0.25, 0.3) is 0 Å². The van der Waals surface area contributed by atoms with Crippen LogP contribution in [0.1, 0.15) is 30.5 Å². The Kier molecular flexibility index (Phi) is 9.07. The highest BCUT2D eigenvalue weighted by atomic mass is 127. The Morgan fingerprint density at radius 3 is 2.38 bits per heavy atom. The largest absolute Gasteiger partial charge is 0.370 e. The molecule has 0 radical (unpaired) electrons. The molecule has 3 N–H and O–H groups in total. The van der Waals surface area contributed by atoms with E-state index in [0.29, 0.717) is 17.7 Å². The van der Waals surface area contributed by atoms with E-state index in [9.17, 15) is 0 Å². The van der Waals surface area contributed by atoms with E-state index in [1.165, 1.54) is 11.1 Å². The fourth-order valence-corrected chi connectivity index (χ4v) is 2.54. The fraction of sp³-hybridized carbons (Fsp3) is 0.333. The van der Waals surface area contributed by atoms with Crippen LogP contribution in [-0.2, 0) is 19.3 Å². The highest BCUT2D eigenvalue weighted by Gasteiger charge is 2.06. The van der Waals surface area contributed by atoms with E-state index in [0.717, 1.165) is 30.5 Å². The van der Waals surface area contributed by atoms with Gasteiger partial charge in [0.1, 0.15) is 5.15 Å². The highest BCUT2D eigenvalue weighted by molar-refractivity contribution is 14.0. The lowest BCUT2D eigenvalue weighted by Crippen LogP contribution is -2.24. The maximum Gasteiger partial charge on any atom is 0.193 e. The summed E-state index contributed by atoms with van der Waals surface area (Å²) in [5.41, 5.74) is 10.7. The van der Waals surface area contributed by atoms with Crippen LogP contribution >= 0.6 is 35.6 Å². The Morgan fingerprint density at radius 2 is 1.83 bits per heavy atom. The molecule has 2 aromatic rings. The van der Waals surface area contributed by atoms with Crippen molar-refractivity contribution in [1.82, 2.24) is 4.98 Å². The van der Waals surface area contributed by atoms with Gasteiger partial charge in [-0.05, 0) is 42.0 Å². The molecule has 24 heavy (non-hydrogen) atoms. The number of aliphatic imine (C=N–C) groups is 1. The maximum absolute atomic E-state index is 6.04. The molecule has 6 heteroatoms. The average molecular weight is 459 g/mol. The smallest absolute Gasteiger partial charge is 0.193 e. The van der Waals surface area contributed by atoms with Crippen molar-refractivity contribution in [3.05, 3.63) is 58.4 Å². The number of nitrogens with zero attached hydrogens (tertiary/aromatic N) is 2. The zero-order chi connectivity index (χ0) is 16.7. The summed E-state index contributed by atoms with van der Waals surface area (Å²) in [5, 5.41) is 3.77. The molecule has 0 aliphatic heterocycles. The van der Waals surface area contributed by atoms with E-state index in [1.54, 1.807) is 12.3 Å². The molecule has 0 amide bonds. The molecule has 0 unspecified atom stereocenters. The predicted molar refractivity (Wildman–Crippen MR) is 114 cm³/mol. The van der Waals surface area contributed by atoms with Crippen LogP contribution in [0.5, 0.6) is 0 Å². The Labute approximate surface area is 165 Å². The molecule has 0 saturated carbocycles. The summed E-state index contributed by atoms with van der Waals surface area (Å²) in [4.78, 5) is 8.47. The second kappa shape index (κ2) is 10.5.